The van der Waals surface area contributed by atoms with Gasteiger partial charge < -0.3 is 9.80 Å². The highest BCUT2D eigenvalue weighted by Gasteiger charge is 2.41. The molecule has 1 unspecified atom stereocenters. The molecule has 2 saturated heterocycles. The van der Waals surface area contributed by atoms with Gasteiger partial charge in [-0.2, -0.15) is 0 Å². The molecule has 0 N–H and O–H groups in total. The molecule has 1 atom stereocenters. The van der Waals surface area contributed by atoms with E-state index in [-0.39, 0.29) is 5.41 Å². The smallest absolute Gasteiger partial charge is 0.142 e. The van der Waals surface area contributed by atoms with Gasteiger partial charge in [-0.15, -0.1) is 0 Å². The van der Waals surface area contributed by atoms with Crippen LogP contribution < -0.4 is 0 Å². The molecule has 2 aliphatic heterocycles. The first kappa shape index (κ1) is 15.5. The van der Waals surface area contributed by atoms with Crippen LogP contribution in [0.5, 0.6) is 0 Å². The normalized spacial score (nSPS) is 32.7. The SMILES string of the molecule is CC1(C)CCC(CN2CCC(N3CCCCC3)CC2)C1=O. The molecule has 0 spiro atoms. The zero-order valence-corrected chi connectivity index (χ0v) is 13.9. The monoisotopic (exact) mass is 292 g/mol. The third kappa shape index (κ3) is 3.50. The fraction of sp³-hybridized carbons (Fsp3) is 0.944. The molecule has 0 aromatic rings. The lowest BCUT2D eigenvalue weighted by molar-refractivity contribution is -0.128. The number of nitrogens with zero attached hydrogens (tertiary/aromatic N) is 2. The van der Waals surface area contributed by atoms with Gasteiger partial charge in [0, 0.05) is 23.9 Å². The standard InChI is InChI=1S/C18H32N2O/c1-18(2)9-6-15(17(18)21)14-19-12-7-16(8-13-19)20-10-4-3-5-11-20/h15-16H,3-14H2,1-2H3. The second-order valence-electron chi connectivity index (χ2n) is 8.11. The second kappa shape index (κ2) is 6.37. The van der Waals surface area contributed by atoms with Crippen molar-refractivity contribution in [1.82, 2.24) is 9.80 Å². The first-order valence-electron chi connectivity index (χ1n) is 9.07. The maximum absolute atomic E-state index is 12.4. The van der Waals surface area contributed by atoms with E-state index in [2.05, 4.69) is 23.6 Å². The van der Waals surface area contributed by atoms with Crippen molar-refractivity contribution in [3.63, 3.8) is 0 Å². The Morgan fingerprint density at radius 3 is 2.24 bits per heavy atom. The van der Waals surface area contributed by atoms with Gasteiger partial charge in [0.2, 0.25) is 0 Å². The average molecular weight is 292 g/mol. The summed E-state index contributed by atoms with van der Waals surface area (Å²) in [4.78, 5) is 17.7. The van der Waals surface area contributed by atoms with Crippen LogP contribution in [0, 0.1) is 11.3 Å². The molecule has 0 aromatic heterocycles. The number of piperidine rings is 2. The molecule has 0 amide bonds. The van der Waals surface area contributed by atoms with Crippen molar-refractivity contribution in [1.29, 1.82) is 0 Å². The molecular formula is C18H32N2O. The molecule has 0 aromatic carbocycles. The van der Waals surface area contributed by atoms with Crippen LogP contribution in [0.2, 0.25) is 0 Å². The van der Waals surface area contributed by atoms with Gasteiger partial charge in [0.15, 0.2) is 0 Å². The zero-order chi connectivity index (χ0) is 14.9. The van der Waals surface area contributed by atoms with Gasteiger partial charge in [-0.1, -0.05) is 20.3 Å². The summed E-state index contributed by atoms with van der Waals surface area (Å²) in [7, 11) is 0. The Balaban J connectivity index is 1.45. The lowest BCUT2D eigenvalue weighted by Crippen LogP contribution is -2.48. The molecule has 21 heavy (non-hydrogen) atoms. The topological polar surface area (TPSA) is 23.6 Å². The highest BCUT2D eigenvalue weighted by Crippen LogP contribution is 2.38. The Morgan fingerprint density at radius 1 is 1.00 bits per heavy atom. The van der Waals surface area contributed by atoms with Crippen molar-refractivity contribution in [2.24, 2.45) is 11.3 Å². The summed E-state index contributed by atoms with van der Waals surface area (Å²) in [6.45, 7) is 10.3. The predicted molar refractivity (Wildman–Crippen MR) is 86.4 cm³/mol. The molecule has 3 rings (SSSR count). The Hall–Kier alpha value is -0.410. The van der Waals surface area contributed by atoms with E-state index in [4.69, 9.17) is 0 Å². The summed E-state index contributed by atoms with van der Waals surface area (Å²) in [5.41, 5.74) is -0.0587. The summed E-state index contributed by atoms with van der Waals surface area (Å²) >= 11 is 0. The van der Waals surface area contributed by atoms with Gasteiger partial charge in [0.05, 0.1) is 0 Å². The van der Waals surface area contributed by atoms with Crippen LogP contribution in [0.3, 0.4) is 0 Å². The van der Waals surface area contributed by atoms with E-state index >= 15 is 0 Å². The average Bonchev–Trinajstić information content (AvgIpc) is 2.76. The number of ketones is 1. The maximum Gasteiger partial charge on any atom is 0.142 e. The van der Waals surface area contributed by atoms with E-state index in [1.54, 1.807) is 0 Å². The van der Waals surface area contributed by atoms with Crippen LogP contribution in [-0.4, -0.2) is 54.3 Å². The fourth-order valence-corrected chi connectivity index (χ4v) is 4.58. The summed E-state index contributed by atoms with van der Waals surface area (Å²) in [6, 6.07) is 0.817. The van der Waals surface area contributed by atoms with E-state index in [1.807, 2.05) is 0 Å². The number of likely N-dealkylation sites (tertiary alicyclic amines) is 2. The molecule has 1 saturated carbocycles. The third-order valence-electron chi connectivity index (χ3n) is 6.10. The third-order valence-corrected chi connectivity index (χ3v) is 6.10. The van der Waals surface area contributed by atoms with E-state index in [0.29, 0.717) is 11.7 Å². The lowest BCUT2D eigenvalue weighted by Gasteiger charge is -2.40. The van der Waals surface area contributed by atoms with Crippen molar-refractivity contribution < 1.29 is 4.79 Å². The molecule has 3 fully saturated rings. The number of hydrogen-bond donors (Lipinski definition) is 0. The summed E-state index contributed by atoms with van der Waals surface area (Å²) in [5.74, 6) is 0.826. The molecular weight excluding hydrogens is 260 g/mol. The highest BCUT2D eigenvalue weighted by atomic mass is 16.1. The van der Waals surface area contributed by atoms with Crippen LogP contribution in [0.25, 0.3) is 0 Å². The van der Waals surface area contributed by atoms with Crippen LogP contribution in [0.15, 0.2) is 0 Å². The van der Waals surface area contributed by atoms with E-state index in [0.717, 1.165) is 25.4 Å². The molecule has 3 nitrogen and oxygen atoms in total. The van der Waals surface area contributed by atoms with Crippen LogP contribution >= 0.6 is 0 Å². The number of carbonyl (C=O) groups excluding carboxylic acids is 1. The van der Waals surface area contributed by atoms with Crippen LogP contribution in [0.4, 0.5) is 0 Å². The lowest BCUT2D eigenvalue weighted by atomic mass is 9.89. The fourth-order valence-electron chi connectivity index (χ4n) is 4.58. The van der Waals surface area contributed by atoms with Gasteiger partial charge in [0.1, 0.15) is 5.78 Å². The van der Waals surface area contributed by atoms with Crippen molar-refractivity contribution in [3.8, 4) is 0 Å². The van der Waals surface area contributed by atoms with Crippen molar-refractivity contribution in [3.05, 3.63) is 0 Å². The number of rotatable bonds is 3. The van der Waals surface area contributed by atoms with Crippen molar-refractivity contribution in [2.75, 3.05) is 32.7 Å². The summed E-state index contributed by atoms with van der Waals surface area (Å²) in [6.07, 6.45) is 9.03. The van der Waals surface area contributed by atoms with Gasteiger partial charge in [-0.05, 0) is 64.7 Å². The molecule has 3 aliphatic rings. The first-order valence-corrected chi connectivity index (χ1v) is 9.07. The second-order valence-corrected chi connectivity index (χ2v) is 8.11. The Kier molecular flexibility index (Phi) is 4.70. The van der Waals surface area contributed by atoms with Gasteiger partial charge in [-0.25, -0.2) is 0 Å². The first-order chi connectivity index (χ1) is 10.1. The number of Topliss-reactive ketones (excluding diaryl/α,β-unsaturated/α-hetero) is 1. The summed E-state index contributed by atoms with van der Waals surface area (Å²) in [5, 5.41) is 0. The number of carbonyl (C=O) groups is 1. The van der Waals surface area contributed by atoms with E-state index < -0.39 is 0 Å². The van der Waals surface area contributed by atoms with Crippen LogP contribution in [0.1, 0.15) is 58.8 Å². The predicted octanol–water partition coefficient (Wildman–Crippen LogP) is 2.94. The molecule has 120 valence electrons. The maximum atomic E-state index is 12.4. The Labute approximate surface area is 130 Å². The van der Waals surface area contributed by atoms with Crippen molar-refractivity contribution in [2.45, 2.75) is 64.8 Å². The van der Waals surface area contributed by atoms with Gasteiger partial charge in [0.25, 0.3) is 0 Å². The zero-order valence-electron chi connectivity index (χ0n) is 13.9. The molecule has 2 heterocycles. The minimum Gasteiger partial charge on any atom is -0.303 e. The molecule has 0 bridgehead atoms. The summed E-state index contributed by atoms with van der Waals surface area (Å²) < 4.78 is 0. The Morgan fingerprint density at radius 2 is 1.67 bits per heavy atom. The highest BCUT2D eigenvalue weighted by molar-refractivity contribution is 5.88. The van der Waals surface area contributed by atoms with Crippen molar-refractivity contribution >= 4 is 5.78 Å². The minimum atomic E-state index is -0.0587. The number of hydrogen-bond acceptors (Lipinski definition) is 3. The minimum absolute atomic E-state index is 0.0587. The largest absolute Gasteiger partial charge is 0.303 e. The Bertz CT molecular complexity index is 365. The van der Waals surface area contributed by atoms with E-state index in [1.165, 1.54) is 58.3 Å². The molecule has 0 radical (unpaired) electrons. The van der Waals surface area contributed by atoms with Gasteiger partial charge in [-0.3, -0.25) is 4.79 Å². The van der Waals surface area contributed by atoms with Crippen LogP contribution in [-0.2, 0) is 4.79 Å². The quantitative estimate of drug-likeness (QED) is 0.799. The van der Waals surface area contributed by atoms with E-state index in [9.17, 15) is 4.79 Å². The van der Waals surface area contributed by atoms with Gasteiger partial charge >= 0.3 is 0 Å². The molecule has 1 aliphatic carbocycles. The molecule has 3 heteroatoms.